The molecule has 4 aliphatic carbocycles. The van der Waals surface area contributed by atoms with Crippen LogP contribution in [0.5, 0.6) is 0 Å². The molecule has 0 aliphatic heterocycles. The number of ketones is 1. The maximum Gasteiger partial charge on any atom is 0.323 e. The van der Waals surface area contributed by atoms with Crippen LogP contribution in [-0.2, 0) is 14.3 Å². The van der Waals surface area contributed by atoms with E-state index in [-0.39, 0.29) is 36.1 Å². The molecule has 4 rings (SSSR count). The van der Waals surface area contributed by atoms with Crippen molar-refractivity contribution in [2.45, 2.75) is 109 Å². The zero-order chi connectivity index (χ0) is 24.7. The van der Waals surface area contributed by atoms with Crippen molar-refractivity contribution in [2.24, 2.45) is 51.9 Å². The Balaban J connectivity index is 0.00000342. The smallest absolute Gasteiger partial charge is 0.323 e. The van der Waals surface area contributed by atoms with E-state index in [4.69, 9.17) is 16.2 Å². The number of halogens is 1. The Bertz CT molecular complexity index is 776. The molecule has 0 saturated heterocycles. The van der Waals surface area contributed by atoms with Gasteiger partial charge in [0.25, 0.3) is 0 Å². The number of carbonyl (C=O) groups is 2. The highest BCUT2D eigenvalue weighted by atomic mass is 35.5. The van der Waals surface area contributed by atoms with E-state index in [1.165, 1.54) is 19.3 Å². The van der Waals surface area contributed by atoms with Crippen LogP contribution in [0, 0.1) is 40.4 Å². The second-order valence-corrected chi connectivity index (χ2v) is 13.0. The number of fused-ring (bicyclic) bond motifs is 5. The van der Waals surface area contributed by atoms with E-state index in [9.17, 15) is 14.7 Å². The summed E-state index contributed by atoms with van der Waals surface area (Å²) in [6.45, 7) is 7.30. The Morgan fingerprint density at radius 1 is 0.971 bits per heavy atom. The lowest BCUT2D eigenvalue weighted by Gasteiger charge is -2.61. The van der Waals surface area contributed by atoms with Gasteiger partial charge >= 0.3 is 5.97 Å². The number of unbranched alkanes of at least 4 members (excludes halogenated alkanes) is 1. The van der Waals surface area contributed by atoms with Crippen molar-refractivity contribution < 1.29 is 19.4 Å². The Labute approximate surface area is 218 Å². The lowest BCUT2D eigenvalue weighted by molar-refractivity contribution is -0.157. The van der Waals surface area contributed by atoms with Gasteiger partial charge < -0.3 is 21.3 Å². The highest BCUT2D eigenvalue weighted by molar-refractivity contribution is 5.86. The maximum atomic E-state index is 13.3. The number of carbonyl (C=O) groups excluding carboxylic acids is 2. The van der Waals surface area contributed by atoms with Gasteiger partial charge in [-0.05, 0) is 119 Å². The zero-order valence-electron chi connectivity index (χ0n) is 22.1. The summed E-state index contributed by atoms with van der Waals surface area (Å²) in [5.74, 6) is 2.19. The average Bonchev–Trinajstić information content (AvgIpc) is 3.15. The quantitative estimate of drug-likeness (QED) is 0.328. The standard InChI is InChI=1S/C28H48N2O4.ClH/c1-26(33)13-14-27(2)18(16-26)7-8-19-20-9-10-22(28(20,3)12-11-21(19)27)24(31)17-34-25(32)23(30)6-4-5-15-29;/h18-23,33H,4-17,29-30H2,1-3H3;1H/t18?,19-,20-,21?,22+,23?,26+,27-,28-;/m0./s1. The molecule has 0 aromatic rings. The predicted molar refractivity (Wildman–Crippen MR) is 140 cm³/mol. The third-order valence-corrected chi connectivity index (χ3v) is 11.0. The minimum Gasteiger partial charge on any atom is -0.457 e. The topological polar surface area (TPSA) is 116 Å². The lowest BCUT2D eigenvalue weighted by Crippen LogP contribution is -2.55. The number of aliphatic hydroxyl groups is 1. The van der Waals surface area contributed by atoms with E-state index < -0.39 is 17.6 Å². The molecule has 5 N–H and O–H groups in total. The van der Waals surface area contributed by atoms with Crippen LogP contribution in [0.1, 0.15) is 97.8 Å². The van der Waals surface area contributed by atoms with Crippen molar-refractivity contribution in [3.05, 3.63) is 0 Å². The Morgan fingerprint density at radius 2 is 1.69 bits per heavy atom. The second kappa shape index (κ2) is 11.0. The molecule has 7 heteroatoms. The molecule has 0 heterocycles. The molecule has 0 spiro atoms. The molecule has 0 radical (unpaired) electrons. The number of ether oxygens (including phenoxy) is 1. The Morgan fingerprint density at radius 3 is 2.40 bits per heavy atom. The van der Waals surface area contributed by atoms with Crippen LogP contribution >= 0.6 is 12.4 Å². The highest BCUT2D eigenvalue weighted by Crippen LogP contribution is 2.68. The summed E-state index contributed by atoms with van der Waals surface area (Å²) in [4.78, 5) is 25.5. The molecule has 3 unspecified atom stereocenters. The lowest BCUT2D eigenvalue weighted by atomic mass is 9.44. The van der Waals surface area contributed by atoms with Gasteiger partial charge in [0.2, 0.25) is 0 Å². The van der Waals surface area contributed by atoms with Crippen LogP contribution in [0.3, 0.4) is 0 Å². The fourth-order valence-electron chi connectivity index (χ4n) is 8.94. The van der Waals surface area contributed by atoms with Crippen LogP contribution < -0.4 is 11.5 Å². The van der Waals surface area contributed by atoms with Crippen molar-refractivity contribution in [1.82, 2.24) is 0 Å². The van der Waals surface area contributed by atoms with Gasteiger partial charge in [0.15, 0.2) is 5.78 Å². The van der Waals surface area contributed by atoms with E-state index in [1.807, 2.05) is 6.92 Å². The molecule has 0 aromatic carbocycles. The molecule has 4 fully saturated rings. The Hall–Kier alpha value is -0.690. The van der Waals surface area contributed by atoms with Crippen LogP contribution in [0.4, 0.5) is 0 Å². The first-order valence-electron chi connectivity index (χ1n) is 13.9. The van der Waals surface area contributed by atoms with E-state index in [0.717, 1.165) is 51.4 Å². The van der Waals surface area contributed by atoms with Crippen molar-refractivity contribution in [3.63, 3.8) is 0 Å². The van der Waals surface area contributed by atoms with Crippen molar-refractivity contribution in [2.75, 3.05) is 13.2 Å². The summed E-state index contributed by atoms with van der Waals surface area (Å²) in [6.07, 6.45) is 11.9. The van der Waals surface area contributed by atoms with Crippen LogP contribution in [0.2, 0.25) is 0 Å². The van der Waals surface area contributed by atoms with Gasteiger partial charge in [-0.1, -0.05) is 20.3 Å². The number of rotatable bonds is 8. The van der Waals surface area contributed by atoms with Crippen molar-refractivity contribution in [1.29, 1.82) is 0 Å². The number of esters is 1. The summed E-state index contributed by atoms with van der Waals surface area (Å²) in [5, 5.41) is 10.7. The van der Waals surface area contributed by atoms with Gasteiger partial charge in [0, 0.05) is 5.92 Å². The number of hydrogen-bond donors (Lipinski definition) is 3. The Kier molecular flexibility index (Phi) is 9.05. The first-order valence-corrected chi connectivity index (χ1v) is 13.9. The molecule has 4 aliphatic rings. The van der Waals surface area contributed by atoms with Crippen LogP contribution in [0.15, 0.2) is 0 Å². The number of hydrogen-bond acceptors (Lipinski definition) is 6. The first-order chi connectivity index (χ1) is 16.0. The average molecular weight is 513 g/mol. The molecule has 4 saturated carbocycles. The molecule has 35 heavy (non-hydrogen) atoms. The van der Waals surface area contributed by atoms with Crippen LogP contribution in [-0.4, -0.2) is 41.7 Å². The van der Waals surface area contributed by atoms with Gasteiger partial charge in [-0.3, -0.25) is 9.59 Å². The maximum absolute atomic E-state index is 13.3. The largest absolute Gasteiger partial charge is 0.457 e. The van der Waals surface area contributed by atoms with Gasteiger partial charge in [0.1, 0.15) is 12.6 Å². The second-order valence-electron chi connectivity index (χ2n) is 13.0. The first kappa shape index (κ1) is 28.9. The summed E-state index contributed by atoms with van der Waals surface area (Å²) in [5.41, 5.74) is 11.3. The zero-order valence-corrected chi connectivity index (χ0v) is 22.9. The van der Waals surface area contributed by atoms with E-state index in [1.54, 1.807) is 0 Å². The highest BCUT2D eigenvalue weighted by Gasteiger charge is 2.61. The summed E-state index contributed by atoms with van der Waals surface area (Å²) in [6, 6.07) is -0.672. The number of Topliss-reactive ketones (excluding diaryl/α,β-unsaturated/α-hetero) is 1. The van der Waals surface area contributed by atoms with E-state index in [0.29, 0.717) is 42.1 Å². The molecule has 6 nitrogen and oxygen atoms in total. The minimum atomic E-state index is -0.672. The van der Waals surface area contributed by atoms with Gasteiger partial charge in [-0.2, -0.15) is 0 Å². The normalized spacial score (nSPS) is 43.2. The van der Waals surface area contributed by atoms with Crippen molar-refractivity contribution >= 4 is 24.2 Å². The van der Waals surface area contributed by atoms with Gasteiger partial charge in [0.05, 0.1) is 5.60 Å². The molecule has 0 amide bonds. The third kappa shape index (κ3) is 5.46. The molecule has 0 aromatic heterocycles. The summed E-state index contributed by atoms with van der Waals surface area (Å²) < 4.78 is 5.38. The number of nitrogens with two attached hydrogens (primary N) is 2. The fraction of sp³-hybridized carbons (Fsp3) is 0.929. The molecule has 9 atom stereocenters. The molecular weight excluding hydrogens is 464 g/mol. The van der Waals surface area contributed by atoms with Crippen molar-refractivity contribution in [3.8, 4) is 0 Å². The minimum absolute atomic E-state index is 0. The molecular formula is C28H49ClN2O4. The monoisotopic (exact) mass is 512 g/mol. The fourth-order valence-corrected chi connectivity index (χ4v) is 8.94. The van der Waals surface area contributed by atoms with Gasteiger partial charge in [-0.15, -0.1) is 12.4 Å². The summed E-state index contributed by atoms with van der Waals surface area (Å²) in [7, 11) is 0. The van der Waals surface area contributed by atoms with Crippen LogP contribution in [0.25, 0.3) is 0 Å². The molecule has 202 valence electrons. The van der Waals surface area contributed by atoms with E-state index >= 15 is 0 Å². The van der Waals surface area contributed by atoms with Gasteiger partial charge in [-0.25, -0.2) is 0 Å². The SMILES string of the molecule is C[C@@]1(O)CC[C@@]2(C)C(CC[C@@H]3C2CC[C@]2(C)[C@@H](C(=O)COC(=O)C(N)CCCCN)CC[C@@H]32)C1.Cl. The summed E-state index contributed by atoms with van der Waals surface area (Å²) >= 11 is 0. The third-order valence-electron chi connectivity index (χ3n) is 11.0. The predicted octanol–water partition coefficient (Wildman–Crippen LogP) is 4.39. The molecule has 0 bridgehead atoms. The van der Waals surface area contributed by atoms with E-state index in [2.05, 4.69) is 13.8 Å².